The number of oxazole rings is 1. The summed E-state index contributed by atoms with van der Waals surface area (Å²) >= 11 is 0. The predicted molar refractivity (Wildman–Crippen MR) is 105 cm³/mol. The molecule has 3 aromatic rings. The number of pyridine rings is 2. The molecule has 1 saturated heterocycles. The topological polar surface area (TPSA) is 81.4 Å². The molecule has 5 rings (SSSR count). The van der Waals surface area contributed by atoms with Gasteiger partial charge in [-0.25, -0.2) is 9.97 Å². The first-order valence-corrected chi connectivity index (χ1v) is 9.86. The fraction of sp³-hybridized carbons (Fsp3) is 0.364. The van der Waals surface area contributed by atoms with Crippen molar-refractivity contribution in [1.82, 2.24) is 19.9 Å². The average Bonchev–Trinajstić information content (AvgIpc) is 3.46. The van der Waals surface area contributed by atoms with Crippen molar-refractivity contribution in [3.8, 4) is 17.3 Å². The summed E-state index contributed by atoms with van der Waals surface area (Å²) in [6.07, 6.45) is 8.37. The molecular weight excluding hydrogens is 368 g/mol. The monoisotopic (exact) mass is 390 g/mol. The van der Waals surface area contributed by atoms with E-state index in [-0.39, 0.29) is 18.1 Å². The van der Waals surface area contributed by atoms with E-state index in [1.807, 2.05) is 36.9 Å². The smallest absolute Gasteiger partial charge is 0.273 e. The van der Waals surface area contributed by atoms with Crippen LogP contribution in [0.4, 0.5) is 0 Å². The minimum atomic E-state index is -0.0976. The zero-order chi connectivity index (χ0) is 20.0. The number of nitrogens with zero attached hydrogens (tertiary/aromatic N) is 4. The van der Waals surface area contributed by atoms with Crippen molar-refractivity contribution in [2.24, 2.45) is 5.92 Å². The van der Waals surface area contributed by atoms with Crippen LogP contribution in [0.1, 0.15) is 34.5 Å². The van der Waals surface area contributed by atoms with Crippen molar-refractivity contribution >= 4 is 5.91 Å². The first-order valence-electron chi connectivity index (χ1n) is 9.86. The highest BCUT2D eigenvalue weighted by Gasteiger charge is 2.49. The Bertz CT molecular complexity index is 1030. The van der Waals surface area contributed by atoms with E-state index in [9.17, 15) is 4.79 Å². The van der Waals surface area contributed by atoms with Gasteiger partial charge in [-0.3, -0.25) is 9.78 Å². The fourth-order valence-electron chi connectivity index (χ4n) is 4.48. The molecule has 2 fully saturated rings. The van der Waals surface area contributed by atoms with E-state index < -0.39 is 0 Å². The largest absolute Gasteiger partial charge is 0.472 e. The first-order chi connectivity index (χ1) is 14.1. The Morgan fingerprint density at radius 3 is 2.76 bits per heavy atom. The summed E-state index contributed by atoms with van der Waals surface area (Å²) < 4.78 is 11.6. The van der Waals surface area contributed by atoms with Gasteiger partial charge in [0.05, 0.1) is 17.8 Å². The quantitative estimate of drug-likeness (QED) is 0.679. The van der Waals surface area contributed by atoms with Crippen LogP contribution in [0, 0.1) is 19.8 Å². The van der Waals surface area contributed by atoms with Gasteiger partial charge in [0.25, 0.3) is 5.91 Å². The molecule has 2 bridgehead atoms. The molecule has 1 aliphatic heterocycles. The summed E-state index contributed by atoms with van der Waals surface area (Å²) in [5.41, 5.74) is 3.04. The minimum absolute atomic E-state index is 0.0234. The van der Waals surface area contributed by atoms with Crippen LogP contribution in [0.5, 0.6) is 5.88 Å². The summed E-state index contributed by atoms with van der Waals surface area (Å²) in [7, 11) is 0. The Labute approximate surface area is 168 Å². The van der Waals surface area contributed by atoms with Crippen molar-refractivity contribution in [1.29, 1.82) is 0 Å². The van der Waals surface area contributed by atoms with Crippen LogP contribution in [-0.4, -0.2) is 44.4 Å². The molecule has 7 heteroatoms. The minimum Gasteiger partial charge on any atom is -0.472 e. The van der Waals surface area contributed by atoms with Gasteiger partial charge in [0, 0.05) is 25.0 Å². The number of likely N-dealkylation sites (tertiary alicyclic amines) is 1. The number of fused-ring (bicyclic) bond motifs is 2. The second-order valence-electron chi connectivity index (χ2n) is 7.88. The molecule has 3 unspecified atom stereocenters. The van der Waals surface area contributed by atoms with Crippen molar-refractivity contribution < 1.29 is 13.9 Å². The van der Waals surface area contributed by atoms with Crippen LogP contribution < -0.4 is 4.74 Å². The van der Waals surface area contributed by atoms with Gasteiger partial charge in [-0.05, 0) is 49.8 Å². The number of piperidine rings is 1. The van der Waals surface area contributed by atoms with Gasteiger partial charge in [-0.15, -0.1) is 0 Å². The molecule has 0 aromatic carbocycles. The number of aromatic nitrogens is 3. The van der Waals surface area contributed by atoms with Crippen LogP contribution in [0.15, 0.2) is 47.5 Å². The first kappa shape index (κ1) is 17.8. The number of carbonyl (C=O) groups excluding carboxylic acids is 1. The third kappa shape index (κ3) is 3.16. The van der Waals surface area contributed by atoms with Crippen LogP contribution in [0.25, 0.3) is 11.5 Å². The number of aryl methyl sites for hydroxylation is 2. The number of hydrogen-bond donors (Lipinski definition) is 0. The third-order valence-electron chi connectivity index (χ3n) is 5.85. The summed E-state index contributed by atoms with van der Waals surface area (Å²) in [4.78, 5) is 28.4. The number of rotatable bonds is 4. The number of ether oxygens (including phenoxy) is 1. The van der Waals surface area contributed by atoms with E-state index in [2.05, 4.69) is 15.0 Å². The Hall–Kier alpha value is -3.22. The van der Waals surface area contributed by atoms with Gasteiger partial charge in [0.1, 0.15) is 18.1 Å². The zero-order valence-corrected chi connectivity index (χ0v) is 16.4. The fourth-order valence-corrected chi connectivity index (χ4v) is 4.48. The summed E-state index contributed by atoms with van der Waals surface area (Å²) in [6, 6.07) is 5.76. The summed E-state index contributed by atoms with van der Waals surface area (Å²) in [5, 5.41) is 0. The van der Waals surface area contributed by atoms with E-state index in [1.165, 1.54) is 6.26 Å². The molecule has 0 radical (unpaired) electrons. The van der Waals surface area contributed by atoms with Crippen molar-refractivity contribution in [2.75, 3.05) is 6.54 Å². The predicted octanol–water partition coefficient (Wildman–Crippen LogP) is 3.43. The van der Waals surface area contributed by atoms with Gasteiger partial charge >= 0.3 is 0 Å². The molecule has 3 atom stereocenters. The van der Waals surface area contributed by atoms with E-state index in [4.69, 9.17) is 9.15 Å². The summed E-state index contributed by atoms with van der Waals surface area (Å²) in [6.45, 7) is 4.66. The third-order valence-corrected chi connectivity index (χ3v) is 5.85. The molecule has 3 aromatic heterocycles. The second-order valence-corrected chi connectivity index (χ2v) is 7.88. The lowest BCUT2D eigenvalue weighted by atomic mass is 10.0. The Kier molecular flexibility index (Phi) is 4.30. The van der Waals surface area contributed by atoms with Crippen LogP contribution >= 0.6 is 0 Å². The highest BCUT2D eigenvalue weighted by atomic mass is 16.5. The average molecular weight is 390 g/mol. The van der Waals surface area contributed by atoms with Crippen molar-refractivity contribution in [2.45, 2.75) is 38.8 Å². The maximum atomic E-state index is 13.5. The molecular formula is C22H22N4O3. The van der Waals surface area contributed by atoms with Crippen LogP contribution in [0.2, 0.25) is 0 Å². The molecule has 2 aliphatic rings. The van der Waals surface area contributed by atoms with Crippen molar-refractivity contribution in [3.63, 3.8) is 0 Å². The van der Waals surface area contributed by atoms with Crippen LogP contribution in [-0.2, 0) is 0 Å². The normalized spacial score (nSPS) is 22.8. The molecule has 1 saturated carbocycles. The van der Waals surface area contributed by atoms with E-state index >= 15 is 0 Å². The van der Waals surface area contributed by atoms with Crippen LogP contribution in [0.3, 0.4) is 0 Å². The molecule has 1 aliphatic carbocycles. The van der Waals surface area contributed by atoms with Gasteiger partial charge in [-0.1, -0.05) is 6.07 Å². The molecule has 4 heterocycles. The molecule has 1 amide bonds. The Balaban J connectivity index is 1.41. The van der Waals surface area contributed by atoms with Gasteiger partial charge in [0.2, 0.25) is 11.8 Å². The maximum absolute atomic E-state index is 13.5. The Morgan fingerprint density at radius 1 is 1.14 bits per heavy atom. The lowest BCUT2D eigenvalue weighted by Gasteiger charge is -2.33. The SMILES string of the molecule is Cc1ccc(OC2CC3CC2N(C(=O)c2nccc(C)c2-c2ncco2)C3)nc1. The molecule has 148 valence electrons. The number of hydrogen-bond acceptors (Lipinski definition) is 6. The molecule has 7 nitrogen and oxygen atoms in total. The van der Waals surface area contributed by atoms with Gasteiger partial charge in [0.15, 0.2) is 0 Å². The molecule has 29 heavy (non-hydrogen) atoms. The van der Waals surface area contributed by atoms with Gasteiger partial charge < -0.3 is 14.1 Å². The van der Waals surface area contributed by atoms with E-state index in [0.717, 1.165) is 30.5 Å². The van der Waals surface area contributed by atoms with E-state index in [1.54, 1.807) is 18.6 Å². The highest BCUT2D eigenvalue weighted by Crippen LogP contribution is 2.41. The maximum Gasteiger partial charge on any atom is 0.273 e. The van der Waals surface area contributed by atoms with E-state index in [0.29, 0.717) is 28.9 Å². The zero-order valence-electron chi connectivity index (χ0n) is 16.4. The number of amides is 1. The lowest BCUT2D eigenvalue weighted by Crippen LogP contribution is -2.47. The summed E-state index contributed by atoms with van der Waals surface area (Å²) in [5.74, 6) is 1.36. The lowest BCUT2D eigenvalue weighted by molar-refractivity contribution is 0.0462. The standard InChI is InChI=1S/C22H22N4O3/c1-13-3-4-18(25-11-13)29-17-10-15-9-16(17)26(12-15)22(27)20-19(14(2)5-6-23-20)21-24-7-8-28-21/h3-8,11,15-17H,9-10,12H2,1-2H3. The van der Waals surface area contributed by atoms with Crippen molar-refractivity contribution in [3.05, 3.63) is 59.9 Å². The highest BCUT2D eigenvalue weighted by molar-refractivity contribution is 5.99. The second kappa shape index (κ2) is 6.99. The Morgan fingerprint density at radius 2 is 2.03 bits per heavy atom. The molecule has 0 N–H and O–H groups in total. The van der Waals surface area contributed by atoms with Gasteiger partial charge in [-0.2, -0.15) is 0 Å². The number of carbonyl (C=O) groups is 1. The molecule has 0 spiro atoms.